The Hall–Kier alpha value is 1.36. The molecule has 1 rings (SSSR count). The van der Waals surface area contributed by atoms with Gasteiger partial charge < -0.3 is 17.8 Å². The normalized spacial score (nSPS) is 20.5. The van der Waals surface area contributed by atoms with Crippen molar-refractivity contribution >= 4 is 17.0 Å². The van der Waals surface area contributed by atoms with Crippen molar-refractivity contribution in [3.63, 3.8) is 0 Å². The first-order valence-corrected chi connectivity index (χ1v) is 6.42. The first kappa shape index (κ1) is 17.4. The summed E-state index contributed by atoms with van der Waals surface area (Å²) in [6.45, 7) is -4.24. The Bertz CT molecular complexity index is 316. The molecule has 4 nitrogen and oxygen atoms in total. The van der Waals surface area contributed by atoms with Crippen LogP contribution in [0.1, 0.15) is 0 Å². The van der Waals surface area contributed by atoms with E-state index in [0.29, 0.717) is 0 Å². The first-order chi connectivity index (χ1) is 6.68. The summed E-state index contributed by atoms with van der Waals surface area (Å²) in [5.41, 5.74) is 0. The van der Waals surface area contributed by atoms with E-state index in [4.69, 9.17) is 0 Å². The van der Waals surface area contributed by atoms with Crippen molar-refractivity contribution in [3.8, 4) is 0 Å². The zero-order chi connectivity index (χ0) is 11.7. The van der Waals surface area contributed by atoms with Gasteiger partial charge in [0.25, 0.3) is 0 Å². The summed E-state index contributed by atoms with van der Waals surface area (Å²) in [6.07, 6.45) is 0.161. The van der Waals surface area contributed by atoms with Gasteiger partial charge in [-0.25, -0.2) is 8.42 Å². The Kier molecular flexibility index (Phi) is 7.06. The van der Waals surface area contributed by atoms with E-state index in [1.165, 1.54) is 9.21 Å². The van der Waals surface area contributed by atoms with Crippen LogP contribution in [0.25, 0.3) is 0 Å². The summed E-state index contributed by atoms with van der Waals surface area (Å²) in [7, 11) is -3.26. The summed E-state index contributed by atoms with van der Waals surface area (Å²) >= 11 is 0. The smallest absolute Gasteiger partial charge is 0.448 e. The van der Waals surface area contributed by atoms with E-state index in [2.05, 4.69) is 0 Å². The van der Waals surface area contributed by atoms with Crippen LogP contribution in [0.3, 0.4) is 0 Å². The van der Waals surface area contributed by atoms with Crippen molar-refractivity contribution in [1.29, 1.82) is 0 Å². The van der Waals surface area contributed by atoms with Crippen LogP contribution in [0, 0.1) is 0 Å². The molecule has 0 radical (unpaired) electrons. The van der Waals surface area contributed by atoms with Gasteiger partial charge in [0.1, 0.15) is 0 Å². The van der Waals surface area contributed by atoms with Gasteiger partial charge in [-0.1, -0.05) is 0 Å². The molecule has 0 spiro atoms. The number of hydrogen-bond donors (Lipinski definition) is 0. The molecule has 0 aromatic rings. The van der Waals surface area contributed by atoms with Crippen molar-refractivity contribution < 1.29 is 72.7 Å². The number of sulfonamides is 1. The molecule has 0 amide bonds. The maximum atomic E-state index is 12.1. The predicted octanol–water partition coefficient (Wildman–Crippen LogP) is -3.05. The molecule has 1 heterocycles. The van der Waals surface area contributed by atoms with Crippen LogP contribution in [0.15, 0.2) is 0 Å². The van der Waals surface area contributed by atoms with E-state index in [1.807, 2.05) is 0 Å². The van der Waals surface area contributed by atoms with Gasteiger partial charge in [0.05, 0.1) is 6.26 Å². The maximum absolute atomic E-state index is 12.1. The summed E-state index contributed by atoms with van der Waals surface area (Å²) in [5.74, 6) is 0. The topological polar surface area (TPSA) is 40.6 Å². The fourth-order valence-electron chi connectivity index (χ4n) is 1.54. The molecule has 90 valence electrons. The van der Waals surface area contributed by atoms with Gasteiger partial charge in [-0.05, 0) is 6.44 Å². The second kappa shape index (κ2) is 6.51. The minimum absolute atomic E-state index is 0. The van der Waals surface area contributed by atoms with Crippen molar-refractivity contribution in [3.05, 3.63) is 0 Å². The number of nitrogens with zero attached hydrogens (tertiary/aromatic N) is 2. The number of rotatable bonds is 3. The van der Waals surface area contributed by atoms with Gasteiger partial charge >= 0.3 is 58.4 Å². The van der Waals surface area contributed by atoms with Crippen molar-refractivity contribution in [2.45, 2.75) is 0 Å². The second-order valence-corrected chi connectivity index (χ2v) is 5.66. The fourth-order valence-corrected chi connectivity index (χ4v) is 2.36. The van der Waals surface area contributed by atoms with Crippen molar-refractivity contribution in [2.24, 2.45) is 0 Å². The zero-order valence-corrected chi connectivity index (χ0v) is 13.3. The van der Waals surface area contributed by atoms with Gasteiger partial charge in [0, 0.05) is 26.2 Å². The van der Waals surface area contributed by atoms with E-state index in [-0.39, 0.29) is 77.6 Å². The monoisotopic (exact) mass is 284 g/mol. The number of piperazine rings is 1. The largest absolute Gasteiger partial charge is 1.00 e. The molecule has 0 aliphatic carbocycles. The maximum Gasteiger partial charge on any atom is 1.00 e. The van der Waals surface area contributed by atoms with E-state index in [9.17, 15) is 21.4 Å². The quantitative estimate of drug-likeness (QED) is 0.517. The van der Waals surface area contributed by atoms with E-state index >= 15 is 0 Å². The predicted molar refractivity (Wildman–Crippen MR) is 51.9 cm³/mol. The SMILES string of the molecule is CS(=O)(=O)N1CCN(C[B-](F)(F)F)CC1.[K+]. The summed E-state index contributed by atoms with van der Waals surface area (Å²) in [4.78, 5) is 1.24. The second-order valence-electron chi connectivity index (χ2n) is 3.67. The molecular formula is C6H13BF3KN2O2S. The first-order valence-electron chi connectivity index (χ1n) is 4.57. The van der Waals surface area contributed by atoms with E-state index in [0.717, 1.165) is 6.26 Å². The van der Waals surface area contributed by atoms with Crippen LogP contribution in [0.5, 0.6) is 0 Å². The molecule has 16 heavy (non-hydrogen) atoms. The molecule has 10 heteroatoms. The van der Waals surface area contributed by atoms with E-state index < -0.39 is 23.4 Å². The standard InChI is InChI=1S/C6H13BF3N2O2S.K/c1-15(13,14)12-4-2-11(3-5-12)6-7(8,9)10;/h2-6H2,1H3;/q-1;+1. The summed E-state index contributed by atoms with van der Waals surface area (Å²) < 4.78 is 59.5. The van der Waals surface area contributed by atoms with Crippen LogP contribution in [-0.2, 0) is 10.0 Å². The molecule has 0 atom stereocenters. The molecular weight excluding hydrogens is 271 g/mol. The Labute approximate surface area is 136 Å². The third-order valence-electron chi connectivity index (χ3n) is 2.27. The third-order valence-corrected chi connectivity index (χ3v) is 3.57. The molecule has 0 bridgehead atoms. The molecule has 0 N–H and O–H groups in total. The van der Waals surface area contributed by atoms with Crippen LogP contribution in [0.2, 0.25) is 0 Å². The minimum atomic E-state index is -4.82. The number of halogens is 3. The molecule has 1 fully saturated rings. The molecule has 0 aromatic heterocycles. The molecule has 0 saturated carbocycles. The van der Waals surface area contributed by atoms with Crippen LogP contribution < -0.4 is 51.4 Å². The Morgan fingerprint density at radius 1 is 1.12 bits per heavy atom. The Morgan fingerprint density at radius 2 is 1.56 bits per heavy atom. The molecule has 1 aliphatic heterocycles. The third kappa shape index (κ3) is 6.34. The Morgan fingerprint density at radius 3 is 1.88 bits per heavy atom. The average molecular weight is 284 g/mol. The van der Waals surface area contributed by atoms with Gasteiger partial charge in [0.2, 0.25) is 10.0 Å². The zero-order valence-electron chi connectivity index (χ0n) is 9.37. The molecule has 0 aromatic carbocycles. The summed E-state index contributed by atoms with van der Waals surface area (Å²) in [5, 5.41) is 0. The summed E-state index contributed by atoms with van der Waals surface area (Å²) in [6, 6.07) is 0. The molecule has 1 saturated heterocycles. The molecule has 1 aliphatic rings. The number of hydrogen-bond acceptors (Lipinski definition) is 3. The van der Waals surface area contributed by atoms with E-state index in [1.54, 1.807) is 0 Å². The van der Waals surface area contributed by atoms with Crippen molar-refractivity contribution in [2.75, 3.05) is 38.9 Å². The van der Waals surface area contributed by atoms with Crippen LogP contribution in [-0.4, -0.2) is 63.5 Å². The van der Waals surface area contributed by atoms with Gasteiger partial charge in [0.15, 0.2) is 0 Å². The average Bonchev–Trinajstić information content (AvgIpc) is 2.00. The van der Waals surface area contributed by atoms with Gasteiger partial charge in [-0.2, -0.15) is 4.31 Å². The van der Waals surface area contributed by atoms with Crippen LogP contribution >= 0.6 is 0 Å². The van der Waals surface area contributed by atoms with Crippen molar-refractivity contribution in [1.82, 2.24) is 9.21 Å². The van der Waals surface area contributed by atoms with Gasteiger partial charge in [-0.15, -0.1) is 0 Å². The minimum Gasteiger partial charge on any atom is -0.448 e. The van der Waals surface area contributed by atoms with Crippen LogP contribution in [0.4, 0.5) is 12.9 Å². The fraction of sp³-hybridized carbons (Fsp3) is 1.00. The Balaban J connectivity index is 0.00000225. The van der Waals surface area contributed by atoms with Gasteiger partial charge in [-0.3, -0.25) is 0 Å². The molecule has 0 unspecified atom stereocenters.